The normalized spacial score (nSPS) is 18.8. The van der Waals surface area contributed by atoms with Crippen molar-refractivity contribution in [2.45, 2.75) is 12.5 Å². The fraction of sp³-hybridized carbons (Fsp3) is 0.294. The van der Waals surface area contributed by atoms with E-state index in [-0.39, 0.29) is 13.0 Å². The molecular formula is C17H14F2N4O2. The highest BCUT2D eigenvalue weighted by atomic mass is 19.3. The van der Waals surface area contributed by atoms with Gasteiger partial charge in [0.15, 0.2) is 0 Å². The topological polar surface area (TPSA) is 86.1 Å². The van der Waals surface area contributed by atoms with Crippen LogP contribution in [0, 0.1) is 17.2 Å². The molecule has 2 amide bonds. The first kappa shape index (κ1) is 16.8. The van der Waals surface area contributed by atoms with Gasteiger partial charge in [0.05, 0.1) is 23.7 Å². The maximum Gasteiger partial charge on any atom is 0.343 e. The third kappa shape index (κ3) is 3.01. The number of fused-ring (bicyclic) bond motifs is 1. The molecule has 0 aliphatic carbocycles. The minimum atomic E-state index is -3.51. The van der Waals surface area contributed by atoms with Crippen molar-refractivity contribution in [2.24, 2.45) is 5.92 Å². The van der Waals surface area contributed by atoms with E-state index in [4.69, 9.17) is 5.26 Å². The largest absolute Gasteiger partial charge is 0.343 e. The monoisotopic (exact) mass is 344 g/mol. The standard InChI is InChI=1S/C17H14F2N4O2/c18-17(19)11(9-20)6-8-23(17)15(24)10-22-16(25)13-5-7-21-14-4-2-1-3-12(13)14/h1-5,7,11H,6,8,10H2,(H,22,25)/t11-/m0/s1. The Kier molecular flexibility index (Phi) is 4.31. The van der Waals surface area contributed by atoms with Crippen molar-refractivity contribution < 1.29 is 18.4 Å². The van der Waals surface area contributed by atoms with Crippen molar-refractivity contribution in [2.75, 3.05) is 13.1 Å². The molecule has 0 bridgehead atoms. The van der Waals surface area contributed by atoms with E-state index < -0.39 is 30.3 Å². The second-order valence-electron chi connectivity index (χ2n) is 5.66. The van der Waals surface area contributed by atoms with Crippen LogP contribution in [0.25, 0.3) is 10.9 Å². The van der Waals surface area contributed by atoms with E-state index in [9.17, 15) is 18.4 Å². The number of halogens is 2. The molecule has 0 unspecified atom stereocenters. The van der Waals surface area contributed by atoms with Gasteiger partial charge in [0, 0.05) is 18.1 Å². The highest BCUT2D eigenvalue weighted by Gasteiger charge is 2.53. The highest BCUT2D eigenvalue weighted by molar-refractivity contribution is 6.06. The number of pyridine rings is 1. The minimum absolute atomic E-state index is 0.0851. The number of carbonyl (C=O) groups is 2. The van der Waals surface area contributed by atoms with E-state index in [0.717, 1.165) is 0 Å². The number of rotatable bonds is 3. The molecular weight excluding hydrogens is 330 g/mol. The molecule has 1 atom stereocenters. The summed E-state index contributed by atoms with van der Waals surface area (Å²) in [5, 5.41) is 11.7. The lowest BCUT2D eigenvalue weighted by molar-refractivity contribution is -0.167. The number of nitrogens with zero attached hydrogens (tertiary/aromatic N) is 3. The summed E-state index contributed by atoms with van der Waals surface area (Å²) in [6, 6.07) is 6.48. The van der Waals surface area contributed by atoms with Gasteiger partial charge in [-0.25, -0.2) is 0 Å². The lowest BCUT2D eigenvalue weighted by atomic mass is 10.1. The van der Waals surface area contributed by atoms with Crippen molar-refractivity contribution >= 4 is 22.7 Å². The Balaban J connectivity index is 1.70. The zero-order valence-electron chi connectivity index (χ0n) is 13.1. The average molecular weight is 344 g/mol. The zero-order valence-corrected chi connectivity index (χ0v) is 13.1. The summed E-state index contributed by atoms with van der Waals surface area (Å²) < 4.78 is 27.9. The second-order valence-corrected chi connectivity index (χ2v) is 5.66. The van der Waals surface area contributed by atoms with E-state index in [0.29, 0.717) is 21.4 Å². The van der Waals surface area contributed by atoms with Gasteiger partial charge in [-0.2, -0.15) is 14.0 Å². The van der Waals surface area contributed by atoms with E-state index in [2.05, 4.69) is 10.3 Å². The number of carbonyl (C=O) groups excluding carboxylic acids is 2. The first-order chi connectivity index (χ1) is 11.9. The fourth-order valence-electron chi connectivity index (χ4n) is 2.84. The number of alkyl halides is 2. The number of para-hydroxylation sites is 1. The predicted molar refractivity (Wildman–Crippen MR) is 84.5 cm³/mol. The SMILES string of the molecule is N#C[C@@H]1CCN(C(=O)CNC(=O)c2ccnc3ccccc23)C1(F)F. The molecule has 3 rings (SSSR count). The maximum atomic E-state index is 13.9. The zero-order chi connectivity index (χ0) is 18.0. The van der Waals surface area contributed by atoms with Crippen molar-refractivity contribution in [3.05, 3.63) is 42.1 Å². The number of likely N-dealkylation sites (tertiary alicyclic amines) is 1. The van der Waals surface area contributed by atoms with Gasteiger partial charge in [0.1, 0.15) is 5.92 Å². The molecule has 1 aliphatic heterocycles. The van der Waals surface area contributed by atoms with E-state index in [1.807, 2.05) is 0 Å². The van der Waals surface area contributed by atoms with Gasteiger partial charge >= 0.3 is 6.05 Å². The highest BCUT2D eigenvalue weighted by Crippen LogP contribution is 2.37. The van der Waals surface area contributed by atoms with Crippen LogP contribution in [0.2, 0.25) is 0 Å². The average Bonchev–Trinajstić information content (AvgIpc) is 2.92. The lowest BCUT2D eigenvalue weighted by Gasteiger charge is -2.25. The molecule has 0 saturated carbocycles. The number of nitrogens with one attached hydrogen (secondary N) is 1. The smallest absolute Gasteiger partial charge is 0.343 e. The van der Waals surface area contributed by atoms with E-state index in [1.165, 1.54) is 18.3 Å². The Labute approximate surface area is 142 Å². The van der Waals surface area contributed by atoms with Crippen LogP contribution in [-0.4, -0.2) is 40.8 Å². The summed E-state index contributed by atoms with van der Waals surface area (Å²) in [4.78, 5) is 28.8. The Morgan fingerprint density at radius 3 is 2.84 bits per heavy atom. The summed E-state index contributed by atoms with van der Waals surface area (Å²) in [6.07, 6.45) is 1.38. The molecule has 25 heavy (non-hydrogen) atoms. The van der Waals surface area contributed by atoms with Crippen LogP contribution in [-0.2, 0) is 4.79 Å². The lowest BCUT2D eigenvalue weighted by Crippen LogP contribution is -2.47. The molecule has 1 saturated heterocycles. The number of nitriles is 1. The van der Waals surface area contributed by atoms with Gasteiger partial charge in [-0.1, -0.05) is 18.2 Å². The van der Waals surface area contributed by atoms with Crippen molar-refractivity contribution in [1.29, 1.82) is 5.26 Å². The first-order valence-electron chi connectivity index (χ1n) is 7.65. The van der Waals surface area contributed by atoms with Crippen LogP contribution in [0.15, 0.2) is 36.5 Å². The molecule has 0 radical (unpaired) electrons. The molecule has 2 heterocycles. The Morgan fingerprint density at radius 1 is 1.36 bits per heavy atom. The van der Waals surface area contributed by atoms with Gasteiger partial charge in [-0.3, -0.25) is 19.5 Å². The van der Waals surface area contributed by atoms with Gasteiger partial charge in [-0.15, -0.1) is 0 Å². The van der Waals surface area contributed by atoms with Crippen molar-refractivity contribution in [1.82, 2.24) is 15.2 Å². The maximum absolute atomic E-state index is 13.9. The number of aromatic nitrogens is 1. The predicted octanol–water partition coefficient (Wildman–Crippen LogP) is 1.93. The molecule has 1 aromatic carbocycles. The molecule has 1 aromatic heterocycles. The van der Waals surface area contributed by atoms with Crippen LogP contribution in [0.1, 0.15) is 16.8 Å². The third-order valence-corrected chi connectivity index (χ3v) is 4.17. The number of hydrogen-bond acceptors (Lipinski definition) is 4. The third-order valence-electron chi connectivity index (χ3n) is 4.17. The number of hydrogen-bond donors (Lipinski definition) is 1. The minimum Gasteiger partial charge on any atom is -0.343 e. The first-order valence-corrected chi connectivity index (χ1v) is 7.65. The quantitative estimate of drug-likeness (QED) is 0.862. The van der Waals surface area contributed by atoms with Gasteiger partial charge in [-0.05, 0) is 18.6 Å². The number of amides is 2. The van der Waals surface area contributed by atoms with Gasteiger partial charge in [0.25, 0.3) is 5.91 Å². The second kappa shape index (κ2) is 6.43. The molecule has 128 valence electrons. The molecule has 1 fully saturated rings. The van der Waals surface area contributed by atoms with Crippen LogP contribution < -0.4 is 5.32 Å². The number of benzene rings is 1. The molecule has 1 aliphatic rings. The summed E-state index contributed by atoms with van der Waals surface area (Å²) in [7, 11) is 0. The molecule has 2 aromatic rings. The Hall–Kier alpha value is -3.08. The summed E-state index contributed by atoms with van der Waals surface area (Å²) in [6.45, 7) is -0.776. The molecule has 1 N–H and O–H groups in total. The fourth-order valence-corrected chi connectivity index (χ4v) is 2.84. The van der Waals surface area contributed by atoms with Crippen molar-refractivity contribution in [3.63, 3.8) is 0 Å². The van der Waals surface area contributed by atoms with Gasteiger partial charge < -0.3 is 5.32 Å². The Bertz CT molecular complexity index is 873. The molecule has 8 heteroatoms. The summed E-state index contributed by atoms with van der Waals surface area (Å²) >= 11 is 0. The van der Waals surface area contributed by atoms with Crippen LogP contribution >= 0.6 is 0 Å². The summed E-state index contributed by atoms with van der Waals surface area (Å²) in [5.74, 6) is -2.99. The van der Waals surface area contributed by atoms with E-state index in [1.54, 1.807) is 24.3 Å². The van der Waals surface area contributed by atoms with Crippen LogP contribution in [0.4, 0.5) is 8.78 Å². The van der Waals surface area contributed by atoms with Crippen LogP contribution in [0.3, 0.4) is 0 Å². The van der Waals surface area contributed by atoms with E-state index >= 15 is 0 Å². The molecule has 6 nitrogen and oxygen atoms in total. The van der Waals surface area contributed by atoms with Crippen molar-refractivity contribution in [3.8, 4) is 6.07 Å². The van der Waals surface area contributed by atoms with Crippen LogP contribution in [0.5, 0.6) is 0 Å². The molecule has 0 spiro atoms. The summed E-state index contributed by atoms with van der Waals surface area (Å²) in [5.41, 5.74) is 0.922. The Morgan fingerprint density at radius 2 is 2.12 bits per heavy atom. The van der Waals surface area contributed by atoms with Gasteiger partial charge in [0.2, 0.25) is 5.91 Å².